The van der Waals surface area contributed by atoms with Crippen molar-refractivity contribution in [1.82, 2.24) is 0 Å². The molecule has 0 aliphatic carbocycles. The van der Waals surface area contributed by atoms with E-state index in [0.717, 1.165) is 28.9 Å². The maximum atomic E-state index is 12.6. The van der Waals surface area contributed by atoms with Crippen LogP contribution in [-0.4, -0.2) is 5.91 Å². The van der Waals surface area contributed by atoms with Crippen molar-refractivity contribution in [3.05, 3.63) is 64.7 Å². The van der Waals surface area contributed by atoms with E-state index >= 15 is 0 Å². The molecule has 5 heteroatoms. The summed E-state index contributed by atoms with van der Waals surface area (Å²) in [6, 6.07) is 10.9. The summed E-state index contributed by atoms with van der Waals surface area (Å²) in [5.41, 5.74) is 3.10. The molecule has 0 fully saturated rings. The molecule has 2 aromatic rings. The molecule has 0 bridgehead atoms. The second-order valence-electron chi connectivity index (χ2n) is 5.81. The molecule has 0 saturated heterocycles. The molecule has 0 N–H and O–H groups in total. The van der Waals surface area contributed by atoms with Crippen LogP contribution in [0.15, 0.2) is 42.5 Å². The molecule has 0 radical (unpaired) electrons. The first-order chi connectivity index (χ1) is 10.8. The minimum atomic E-state index is -4.34. The van der Waals surface area contributed by atoms with Crippen LogP contribution in [0.4, 0.5) is 18.9 Å². The summed E-state index contributed by atoms with van der Waals surface area (Å²) in [6.07, 6.45) is -3.21. The van der Waals surface area contributed by atoms with Gasteiger partial charge in [-0.2, -0.15) is 13.2 Å². The lowest BCUT2D eigenvalue weighted by Crippen LogP contribution is -2.34. The van der Waals surface area contributed by atoms with E-state index in [2.05, 4.69) is 6.07 Å². The lowest BCUT2D eigenvalue weighted by atomic mass is 9.98. The van der Waals surface area contributed by atoms with Gasteiger partial charge in [0.05, 0.1) is 12.1 Å². The Morgan fingerprint density at radius 3 is 2.39 bits per heavy atom. The van der Waals surface area contributed by atoms with E-state index in [4.69, 9.17) is 0 Å². The molecule has 1 heterocycles. The average molecular weight is 319 g/mol. The predicted octanol–water partition coefficient (Wildman–Crippen LogP) is 4.49. The number of benzene rings is 2. The summed E-state index contributed by atoms with van der Waals surface area (Å²) in [6.45, 7) is 2.28. The van der Waals surface area contributed by atoms with Crippen LogP contribution >= 0.6 is 0 Å². The molecule has 120 valence electrons. The van der Waals surface area contributed by atoms with Gasteiger partial charge in [0.25, 0.3) is 0 Å². The Labute approximate surface area is 132 Å². The van der Waals surface area contributed by atoms with Crippen LogP contribution in [0.3, 0.4) is 0 Å². The van der Waals surface area contributed by atoms with Crippen LogP contribution in [0.25, 0.3) is 0 Å². The van der Waals surface area contributed by atoms with Crippen LogP contribution in [0, 0.1) is 6.92 Å². The van der Waals surface area contributed by atoms with Crippen molar-refractivity contribution in [2.45, 2.75) is 32.5 Å². The molecule has 2 nitrogen and oxygen atoms in total. The van der Waals surface area contributed by atoms with E-state index in [0.29, 0.717) is 18.4 Å². The molecule has 23 heavy (non-hydrogen) atoms. The molecule has 1 aliphatic rings. The largest absolute Gasteiger partial charge is 0.416 e. The topological polar surface area (TPSA) is 20.3 Å². The molecule has 2 aromatic carbocycles. The smallest absolute Gasteiger partial charge is 0.308 e. The van der Waals surface area contributed by atoms with Gasteiger partial charge in [-0.25, -0.2) is 0 Å². The third-order valence-electron chi connectivity index (χ3n) is 4.06. The molecular weight excluding hydrogens is 303 g/mol. The highest BCUT2D eigenvalue weighted by Gasteiger charge is 2.30. The van der Waals surface area contributed by atoms with E-state index in [-0.39, 0.29) is 12.5 Å². The number of aryl methyl sites for hydroxylation is 2. The summed E-state index contributed by atoms with van der Waals surface area (Å²) >= 11 is 0. The van der Waals surface area contributed by atoms with Crippen molar-refractivity contribution in [2.75, 3.05) is 4.90 Å². The van der Waals surface area contributed by atoms with Crippen LogP contribution in [-0.2, 0) is 23.9 Å². The van der Waals surface area contributed by atoms with Gasteiger partial charge in [-0.15, -0.1) is 0 Å². The van der Waals surface area contributed by atoms with Gasteiger partial charge in [-0.1, -0.05) is 29.8 Å². The minimum Gasteiger partial charge on any atom is -0.308 e. The van der Waals surface area contributed by atoms with Crippen molar-refractivity contribution >= 4 is 11.6 Å². The monoisotopic (exact) mass is 319 g/mol. The Morgan fingerprint density at radius 1 is 1.04 bits per heavy atom. The van der Waals surface area contributed by atoms with Crippen molar-refractivity contribution in [3.63, 3.8) is 0 Å². The number of fused-ring (bicyclic) bond motifs is 1. The SMILES string of the molecule is Cc1ccc2c(c1)CCC(=O)N2Cc1ccc(C(F)(F)F)cc1. The normalized spacial score (nSPS) is 14.8. The highest BCUT2D eigenvalue weighted by atomic mass is 19.4. The second kappa shape index (κ2) is 5.72. The standard InChI is InChI=1S/C18H16F3NO/c1-12-2-8-16-14(10-12)5-9-17(23)22(16)11-13-3-6-15(7-4-13)18(19,20)21/h2-4,6-8,10H,5,9,11H2,1H3. The fraction of sp³-hybridized carbons (Fsp3) is 0.278. The first-order valence-electron chi connectivity index (χ1n) is 7.40. The van der Waals surface area contributed by atoms with Crippen molar-refractivity contribution < 1.29 is 18.0 Å². The highest BCUT2D eigenvalue weighted by Crippen LogP contribution is 2.32. The van der Waals surface area contributed by atoms with E-state index in [9.17, 15) is 18.0 Å². The zero-order valence-electron chi connectivity index (χ0n) is 12.7. The summed E-state index contributed by atoms with van der Waals surface area (Å²) in [4.78, 5) is 13.9. The molecule has 0 aromatic heterocycles. The lowest BCUT2D eigenvalue weighted by Gasteiger charge is -2.30. The quantitative estimate of drug-likeness (QED) is 0.798. The van der Waals surface area contributed by atoms with Crippen molar-refractivity contribution in [1.29, 1.82) is 0 Å². The summed E-state index contributed by atoms with van der Waals surface area (Å²) in [7, 11) is 0. The third kappa shape index (κ3) is 3.23. The fourth-order valence-corrected chi connectivity index (χ4v) is 2.84. The first kappa shape index (κ1) is 15.6. The van der Waals surface area contributed by atoms with E-state index in [1.54, 1.807) is 4.90 Å². The fourth-order valence-electron chi connectivity index (χ4n) is 2.84. The lowest BCUT2D eigenvalue weighted by molar-refractivity contribution is -0.137. The number of alkyl halides is 3. The van der Waals surface area contributed by atoms with Crippen LogP contribution in [0.2, 0.25) is 0 Å². The highest BCUT2D eigenvalue weighted by molar-refractivity contribution is 5.96. The van der Waals surface area contributed by atoms with Gasteiger partial charge in [0.15, 0.2) is 0 Å². The van der Waals surface area contributed by atoms with E-state index < -0.39 is 11.7 Å². The maximum absolute atomic E-state index is 12.6. The molecule has 0 saturated carbocycles. The Kier molecular flexibility index (Phi) is 3.88. The number of nitrogens with zero attached hydrogens (tertiary/aromatic N) is 1. The minimum absolute atomic E-state index is 0.00116. The first-order valence-corrected chi connectivity index (χ1v) is 7.40. The molecule has 1 aliphatic heterocycles. The summed E-state index contributed by atoms with van der Waals surface area (Å²) in [5.74, 6) is 0.00116. The zero-order valence-corrected chi connectivity index (χ0v) is 12.7. The molecule has 1 amide bonds. The summed E-state index contributed by atoms with van der Waals surface area (Å²) in [5, 5.41) is 0. The summed E-state index contributed by atoms with van der Waals surface area (Å²) < 4.78 is 37.8. The van der Waals surface area contributed by atoms with Gasteiger partial charge in [0.1, 0.15) is 0 Å². The number of carbonyl (C=O) groups is 1. The van der Waals surface area contributed by atoms with E-state index in [1.807, 2.05) is 19.1 Å². The van der Waals surface area contributed by atoms with Gasteiger partial charge < -0.3 is 4.90 Å². The molecular formula is C18H16F3NO. The predicted molar refractivity (Wildman–Crippen MR) is 82.1 cm³/mol. The number of rotatable bonds is 2. The number of carbonyl (C=O) groups excluding carboxylic acids is 1. The zero-order chi connectivity index (χ0) is 16.6. The van der Waals surface area contributed by atoms with Crippen molar-refractivity contribution in [2.24, 2.45) is 0 Å². The average Bonchev–Trinajstić information content (AvgIpc) is 2.50. The molecule has 0 unspecified atom stereocenters. The third-order valence-corrected chi connectivity index (χ3v) is 4.06. The van der Waals surface area contributed by atoms with Crippen LogP contribution in [0.1, 0.15) is 28.7 Å². The number of hydrogen-bond donors (Lipinski definition) is 0. The van der Waals surface area contributed by atoms with E-state index in [1.165, 1.54) is 12.1 Å². The molecule has 0 spiro atoms. The Balaban J connectivity index is 1.87. The second-order valence-corrected chi connectivity index (χ2v) is 5.81. The molecule has 0 atom stereocenters. The van der Waals surface area contributed by atoms with Crippen molar-refractivity contribution in [3.8, 4) is 0 Å². The van der Waals surface area contributed by atoms with Gasteiger partial charge in [-0.3, -0.25) is 4.79 Å². The Hall–Kier alpha value is -2.30. The number of anilines is 1. The van der Waals surface area contributed by atoms with Crippen LogP contribution in [0.5, 0.6) is 0 Å². The number of halogens is 3. The Bertz CT molecular complexity index is 735. The van der Waals surface area contributed by atoms with Gasteiger partial charge >= 0.3 is 6.18 Å². The number of amides is 1. The Morgan fingerprint density at radius 2 is 1.74 bits per heavy atom. The van der Waals surface area contributed by atoms with Gasteiger partial charge in [-0.05, 0) is 42.7 Å². The number of hydrogen-bond acceptors (Lipinski definition) is 1. The van der Waals surface area contributed by atoms with Gasteiger partial charge in [0, 0.05) is 12.1 Å². The maximum Gasteiger partial charge on any atom is 0.416 e. The molecule has 3 rings (SSSR count). The van der Waals surface area contributed by atoms with Crippen LogP contribution < -0.4 is 4.90 Å². The van der Waals surface area contributed by atoms with Gasteiger partial charge in [0.2, 0.25) is 5.91 Å².